The Labute approximate surface area is 253 Å². The Kier molecular flexibility index (Phi) is 8.01. The fourth-order valence-electron chi connectivity index (χ4n) is 5.53. The van der Waals surface area contributed by atoms with Gasteiger partial charge in [0.05, 0.1) is 31.2 Å². The van der Waals surface area contributed by atoms with Gasteiger partial charge in [-0.05, 0) is 71.8 Å². The van der Waals surface area contributed by atoms with Crippen LogP contribution in [0.15, 0.2) is 91.1 Å². The molecule has 3 aromatic carbocycles. The molecule has 44 heavy (non-hydrogen) atoms. The molecule has 0 unspecified atom stereocenters. The molecule has 1 aliphatic heterocycles. The second-order valence-corrected chi connectivity index (χ2v) is 10.7. The first-order chi connectivity index (χ1) is 21.2. The molecule has 1 saturated heterocycles. The van der Waals surface area contributed by atoms with E-state index in [-0.39, 0.29) is 5.91 Å². The number of methoxy groups -OCH3 is 2. The van der Waals surface area contributed by atoms with Gasteiger partial charge in [-0.3, -0.25) is 9.69 Å². The third kappa shape index (κ3) is 5.98. The lowest BCUT2D eigenvalue weighted by Gasteiger charge is -2.34. The third-order valence-corrected chi connectivity index (χ3v) is 7.95. The van der Waals surface area contributed by atoms with E-state index in [0.717, 1.165) is 23.0 Å². The fraction of sp³-hybridized carbons (Fsp3) is 0.235. The van der Waals surface area contributed by atoms with Gasteiger partial charge in [-0.25, -0.2) is 4.98 Å². The van der Waals surface area contributed by atoms with E-state index in [1.165, 1.54) is 12.1 Å². The number of rotatable bonds is 7. The van der Waals surface area contributed by atoms with Crippen LogP contribution in [0.25, 0.3) is 28.0 Å². The first-order valence-corrected chi connectivity index (χ1v) is 14.2. The molecule has 0 radical (unpaired) electrons. The topological polar surface area (TPSA) is 59.3 Å². The van der Waals surface area contributed by atoms with E-state index in [2.05, 4.69) is 4.90 Å². The minimum absolute atomic E-state index is 0.0232. The van der Waals surface area contributed by atoms with E-state index in [0.29, 0.717) is 66.6 Å². The Hall–Kier alpha value is -4.83. The van der Waals surface area contributed by atoms with Crippen LogP contribution in [0.2, 0.25) is 0 Å². The molecule has 10 heteroatoms. The van der Waals surface area contributed by atoms with Crippen molar-refractivity contribution in [2.75, 3.05) is 40.4 Å². The second-order valence-electron chi connectivity index (χ2n) is 10.7. The molecule has 6 rings (SSSR count). The van der Waals surface area contributed by atoms with Crippen molar-refractivity contribution >= 4 is 11.6 Å². The first-order valence-electron chi connectivity index (χ1n) is 14.2. The molecule has 7 nitrogen and oxygen atoms in total. The SMILES string of the molecule is COc1ccc(C(=O)N2CCN(Cc3c(-c4cccc(OC)c4)nc4ccc(-c5cccc(C(F)(F)F)c5)cn34)CC2)cc1. The molecule has 3 heterocycles. The van der Waals surface area contributed by atoms with Crippen molar-refractivity contribution in [2.45, 2.75) is 12.7 Å². The van der Waals surface area contributed by atoms with Crippen molar-refractivity contribution in [2.24, 2.45) is 0 Å². The molecule has 1 fully saturated rings. The molecular formula is C34H31F3N4O3. The van der Waals surface area contributed by atoms with Crippen LogP contribution in [0.5, 0.6) is 11.5 Å². The monoisotopic (exact) mass is 600 g/mol. The number of halogens is 3. The maximum Gasteiger partial charge on any atom is 0.416 e. The number of hydrogen-bond acceptors (Lipinski definition) is 5. The molecule has 1 amide bonds. The van der Waals surface area contributed by atoms with Gasteiger partial charge >= 0.3 is 6.18 Å². The highest BCUT2D eigenvalue weighted by Crippen LogP contribution is 2.34. The number of pyridine rings is 1. The lowest BCUT2D eigenvalue weighted by atomic mass is 10.0. The van der Waals surface area contributed by atoms with E-state index in [4.69, 9.17) is 14.5 Å². The number of benzene rings is 3. The van der Waals surface area contributed by atoms with Gasteiger partial charge in [-0.2, -0.15) is 13.2 Å². The molecular weight excluding hydrogens is 569 g/mol. The lowest BCUT2D eigenvalue weighted by molar-refractivity contribution is -0.137. The Morgan fingerprint density at radius 2 is 1.50 bits per heavy atom. The molecule has 0 bridgehead atoms. The number of carbonyl (C=O) groups is 1. The van der Waals surface area contributed by atoms with Gasteiger partial charge in [0.1, 0.15) is 17.1 Å². The number of nitrogens with zero attached hydrogens (tertiary/aromatic N) is 4. The van der Waals surface area contributed by atoms with Crippen molar-refractivity contribution in [3.63, 3.8) is 0 Å². The van der Waals surface area contributed by atoms with Crippen LogP contribution in [-0.2, 0) is 12.7 Å². The van der Waals surface area contributed by atoms with Gasteiger partial charge in [0.2, 0.25) is 0 Å². The zero-order valence-corrected chi connectivity index (χ0v) is 24.3. The summed E-state index contributed by atoms with van der Waals surface area (Å²) in [6.45, 7) is 2.96. The summed E-state index contributed by atoms with van der Waals surface area (Å²) in [4.78, 5) is 22.2. The number of imidazole rings is 1. The van der Waals surface area contributed by atoms with Crippen LogP contribution in [0.4, 0.5) is 13.2 Å². The Morgan fingerprint density at radius 1 is 0.795 bits per heavy atom. The largest absolute Gasteiger partial charge is 0.497 e. The number of ether oxygens (including phenoxy) is 2. The molecule has 0 N–H and O–H groups in total. The number of aromatic nitrogens is 2. The van der Waals surface area contributed by atoms with E-state index < -0.39 is 11.7 Å². The van der Waals surface area contributed by atoms with Crippen LogP contribution >= 0.6 is 0 Å². The minimum Gasteiger partial charge on any atom is -0.497 e. The van der Waals surface area contributed by atoms with Crippen molar-refractivity contribution < 1.29 is 27.4 Å². The predicted molar refractivity (Wildman–Crippen MR) is 162 cm³/mol. The van der Waals surface area contributed by atoms with Crippen molar-refractivity contribution in [3.05, 3.63) is 108 Å². The molecule has 1 aliphatic rings. The van der Waals surface area contributed by atoms with Gasteiger partial charge in [-0.15, -0.1) is 0 Å². The summed E-state index contributed by atoms with van der Waals surface area (Å²) in [6.07, 6.45) is -2.59. The normalized spacial score (nSPS) is 14.2. The van der Waals surface area contributed by atoms with Crippen LogP contribution in [0.1, 0.15) is 21.6 Å². The van der Waals surface area contributed by atoms with E-state index >= 15 is 0 Å². The zero-order valence-electron chi connectivity index (χ0n) is 24.3. The summed E-state index contributed by atoms with van der Waals surface area (Å²) in [5.41, 5.74) is 4.26. The maximum absolute atomic E-state index is 13.5. The molecule has 2 aromatic heterocycles. The standard InChI is InChI=1S/C34H31F3N4O3/c1-43-28-12-9-23(10-13-28)33(42)40-17-15-39(16-18-40)22-30-32(25-6-4-8-29(20-25)44-2)38-31-14-11-26(21-41(30)31)24-5-3-7-27(19-24)34(35,36)37/h3-14,19-21H,15-18,22H2,1-2H3. The molecule has 0 spiro atoms. The number of fused-ring (bicyclic) bond motifs is 1. The van der Waals surface area contributed by atoms with E-state index in [1.54, 1.807) is 50.6 Å². The van der Waals surface area contributed by atoms with Crippen molar-refractivity contribution in [1.82, 2.24) is 19.2 Å². The Morgan fingerprint density at radius 3 is 2.20 bits per heavy atom. The van der Waals surface area contributed by atoms with Gasteiger partial charge in [0.25, 0.3) is 5.91 Å². The third-order valence-electron chi connectivity index (χ3n) is 7.95. The fourth-order valence-corrected chi connectivity index (χ4v) is 5.53. The number of hydrogen-bond donors (Lipinski definition) is 0. The highest BCUT2D eigenvalue weighted by atomic mass is 19.4. The average Bonchev–Trinajstić information content (AvgIpc) is 3.42. The first kappa shape index (κ1) is 29.3. The van der Waals surface area contributed by atoms with Crippen LogP contribution in [0.3, 0.4) is 0 Å². The summed E-state index contributed by atoms with van der Waals surface area (Å²) < 4.78 is 53.0. The average molecular weight is 601 g/mol. The Bertz CT molecular complexity index is 1790. The molecule has 0 aliphatic carbocycles. The van der Waals surface area contributed by atoms with Crippen molar-refractivity contribution in [3.8, 4) is 33.9 Å². The number of carbonyl (C=O) groups excluding carboxylic acids is 1. The molecule has 226 valence electrons. The number of alkyl halides is 3. The highest BCUT2D eigenvalue weighted by Gasteiger charge is 2.30. The summed E-state index contributed by atoms with van der Waals surface area (Å²) in [7, 11) is 3.20. The Balaban J connectivity index is 1.31. The van der Waals surface area contributed by atoms with Crippen LogP contribution in [-0.4, -0.2) is 65.5 Å². The summed E-state index contributed by atoms with van der Waals surface area (Å²) in [6, 6.07) is 23.7. The van der Waals surface area contributed by atoms with E-state index in [1.807, 2.05) is 45.8 Å². The molecule has 0 atom stereocenters. The summed E-state index contributed by atoms with van der Waals surface area (Å²) >= 11 is 0. The van der Waals surface area contributed by atoms with Gasteiger partial charge in [0.15, 0.2) is 0 Å². The van der Waals surface area contributed by atoms with Crippen LogP contribution in [0, 0.1) is 0 Å². The van der Waals surface area contributed by atoms with Crippen molar-refractivity contribution in [1.29, 1.82) is 0 Å². The second kappa shape index (κ2) is 12.0. The van der Waals surface area contributed by atoms with Gasteiger partial charge < -0.3 is 18.8 Å². The summed E-state index contributed by atoms with van der Waals surface area (Å²) in [5.74, 6) is 1.37. The molecule has 5 aromatic rings. The van der Waals surface area contributed by atoms with Crippen LogP contribution < -0.4 is 9.47 Å². The van der Waals surface area contributed by atoms with E-state index in [9.17, 15) is 18.0 Å². The zero-order chi connectivity index (χ0) is 30.8. The summed E-state index contributed by atoms with van der Waals surface area (Å²) in [5, 5.41) is 0. The maximum atomic E-state index is 13.5. The quantitative estimate of drug-likeness (QED) is 0.209. The number of amides is 1. The minimum atomic E-state index is -4.43. The lowest BCUT2D eigenvalue weighted by Crippen LogP contribution is -2.48. The van der Waals surface area contributed by atoms with Gasteiger partial charge in [0, 0.05) is 50.0 Å². The van der Waals surface area contributed by atoms with Gasteiger partial charge in [-0.1, -0.05) is 24.3 Å². The predicted octanol–water partition coefficient (Wildman–Crippen LogP) is 6.66. The number of piperazine rings is 1. The smallest absolute Gasteiger partial charge is 0.416 e. The molecule has 0 saturated carbocycles. The highest BCUT2D eigenvalue weighted by molar-refractivity contribution is 5.94.